The summed E-state index contributed by atoms with van der Waals surface area (Å²) >= 11 is 2.88. The summed E-state index contributed by atoms with van der Waals surface area (Å²) in [6.45, 7) is 4.39. The third-order valence-electron chi connectivity index (χ3n) is 6.21. The van der Waals surface area contributed by atoms with Crippen molar-refractivity contribution in [3.8, 4) is 11.8 Å². The van der Waals surface area contributed by atoms with E-state index in [9.17, 15) is 10.1 Å². The van der Waals surface area contributed by atoms with E-state index in [0.717, 1.165) is 42.6 Å². The summed E-state index contributed by atoms with van der Waals surface area (Å²) in [5.41, 5.74) is 4.06. The fourth-order valence-electron chi connectivity index (χ4n) is 4.04. The third kappa shape index (κ3) is 5.45. The standard InChI is InChI=1S/C25H29N5O2S2/c1-16-9-8-11-20(17(16)2)32-14-22-28-29-25(30(22)3)33-15-23(31)27-24-19(13-26)18-10-6-4-5-7-12-21(18)34-24/h8-9,11H,4-7,10,12,14-15H2,1-3H3,(H,27,31). The van der Waals surface area contributed by atoms with Gasteiger partial charge in [0.25, 0.3) is 0 Å². The molecule has 1 amide bonds. The molecule has 1 aliphatic carbocycles. The number of ether oxygens (including phenoxy) is 1. The number of nitrogens with one attached hydrogen (secondary N) is 1. The van der Waals surface area contributed by atoms with E-state index in [4.69, 9.17) is 4.74 Å². The van der Waals surface area contributed by atoms with Crippen molar-refractivity contribution in [1.29, 1.82) is 5.26 Å². The van der Waals surface area contributed by atoms with E-state index in [-0.39, 0.29) is 11.7 Å². The number of thiophene rings is 1. The molecule has 178 valence electrons. The number of anilines is 1. The van der Waals surface area contributed by atoms with E-state index in [2.05, 4.69) is 34.6 Å². The number of fused-ring (bicyclic) bond motifs is 1. The van der Waals surface area contributed by atoms with Crippen molar-refractivity contribution in [2.24, 2.45) is 7.05 Å². The summed E-state index contributed by atoms with van der Waals surface area (Å²) < 4.78 is 7.79. The minimum absolute atomic E-state index is 0.146. The summed E-state index contributed by atoms with van der Waals surface area (Å²) in [7, 11) is 1.87. The number of carbonyl (C=O) groups excluding carboxylic acids is 1. The van der Waals surface area contributed by atoms with Gasteiger partial charge in [-0.05, 0) is 62.3 Å². The third-order valence-corrected chi connectivity index (χ3v) is 8.43. The average molecular weight is 496 g/mol. The van der Waals surface area contributed by atoms with E-state index in [1.807, 2.05) is 30.7 Å². The molecule has 2 heterocycles. The molecule has 0 radical (unpaired) electrons. The first kappa shape index (κ1) is 24.3. The quantitative estimate of drug-likeness (QED) is 0.445. The molecule has 0 unspecified atom stereocenters. The highest BCUT2D eigenvalue weighted by molar-refractivity contribution is 7.99. The number of nitrogens with zero attached hydrogens (tertiary/aromatic N) is 4. The summed E-state index contributed by atoms with van der Waals surface area (Å²) in [5, 5.41) is 22.5. The Kier molecular flexibility index (Phi) is 7.91. The van der Waals surface area contributed by atoms with Crippen LogP contribution in [0.3, 0.4) is 0 Å². The molecule has 0 aliphatic heterocycles. The van der Waals surface area contributed by atoms with Crippen LogP contribution in [0.1, 0.15) is 58.6 Å². The number of carbonyl (C=O) groups is 1. The van der Waals surface area contributed by atoms with Gasteiger partial charge in [-0.15, -0.1) is 21.5 Å². The van der Waals surface area contributed by atoms with Crippen LogP contribution in [0.2, 0.25) is 0 Å². The topological polar surface area (TPSA) is 92.8 Å². The summed E-state index contributed by atoms with van der Waals surface area (Å²) in [4.78, 5) is 13.9. The number of benzene rings is 1. The molecular weight excluding hydrogens is 466 g/mol. The van der Waals surface area contributed by atoms with Crippen molar-refractivity contribution >= 4 is 34.0 Å². The van der Waals surface area contributed by atoms with Gasteiger partial charge < -0.3 is 14.6 Å². The van der Waals surface area contributed by atoms with E-state index < -0.39 is 0 Å². The predicted molar refractivity (Wildman–Crippen MR) is 136 cm³/mol. The molecule has 34 heavy (non-hydrogen) atoms. The first-order valence-electron chi connectivity index (χ1n) is 11.5. The Hall–Kier alpha value is -2.83. The fraction of sp³-hybridized carbons (Fsp3) is 0.440. The second kappa shape index (κ2) is 11.1. The molecular formula is C25H29N5O2S2. The summed E-state index contributed by atoms with van der Waals surface area (Å²) in [6.07, 6.45) is 6.59. The van der Waals surface area contributed by atoms with Gasteiger partial charge in [0.15, 0.2) is 11.0 Å². The van der Waals surface area contributed by atoms with Crippen molar-refractivity contribution in [1.82, 2.24) is 14.8 Å². The molecule has 0 spiro atoms. The Labute approximate surface area is 208 Å². The SMILES string of the molecule is Cc1cccc(OCc2nnc(SCC(=O)Nc3sc4c(c3C#N)CCCCCC4)n2C)c1C. The van der Waals surface area contributed by atoms with Crippen molar-refractivity contribution in [2.45, 2.75) is 64.1 Å². The lowest BCUT2D eigenvalue weighted by Crippen LogP contribution is -2.14. The average Bonchev–Trinajstić information content (AvgIpc) is 3.32. The van der Waals surface area contributed by atoms with Gasteiger partial charge in [-0.1, -0.05) is 36.7 Å². The van der Waals surface area contributed by atoms with Crippen LogP contribution in [0.15, 0.2) is 23.4 Å². The van der Waals surface area contributed by atoms with Gasteiger partial charge in [0, 0.05) is 11.9 Å². The van der Waals surface area contributed by atoms with E-state index in [0.29, 0.717) is 28.2 Å². The monoisotopic (exact) mass is 495 g/mol. The lowest BCUT2D eigenvalue weighted by molar-refractivity contribution is -0.113. The Morgan fingerprint density at radius 2 is 2.03 bits per heavy atom. The van der Waals surface area contributed by atoms with Crippen LogP contribution in [-0.2, 0) is 31.3 Å². The van der Waals surface area contributed by atoms with Crippen LogP contribution in [-0.4, -0.2) is 26.4 Å². The van der Waals surface area contributed by atoms with Gasteiger partial charge in [0.05, 0.1) is 11.3 Å². The fourth-order valence-corrected chi connectivity index (χ4v) is 6.02. The molecule has 1 aromatic carbocycles. The molecule has 2 aromatic heterocycles. The number of aromatic nitrogens is 3. The van der Waals surface area contributed by atoms with Crippen LogP contribution < -0.4 is 10.1 Å². The number of thioether (sulfide) groups is 1. The number of nitriles is 1. The van der Waals surface area contributed by atoms with Gasteiger partial charge in [-0.3, -0.25) is 4.79 Å². The van der Waals surface area contributed by atoms with Gasteiger partial charge >= 0.3 is 0 Å². The Morgan fingerprint density at radius 1 is 1.24 bits per heavy atom. The molecule has 1 N–H and O–H groups in total. The molecule has 1 aliphatic rings. The van der Waals surface area contributed by atoms with Crippen LogP contribution >= 0.6 is 23.1 Å². The Balaban J connectivity index is 1.36. The Bertz CT molecular complexity index is 1220. The first-order chi connectivity index (χ1) is 16.5. The normalized spacial score (nSPS) is 13.5. The second-order valence-corrected chi connectivity index (χ2v) is 10.6. The maximum absolute atomic E-state index is 12.7. The van der Waals surface area contributed by atoms with Crippen LogP contribution in [0.5, 0.6) is 5.75 Å². The lowest BCUT2D eigenvalue weighted by atomic mass is 9.97. The van der Waals surface area contributed by atoms with Crippen molar-refractivity contribution < 1.29 is 9.53 Å². The highest BCUT2D eigenvalue weighted by atomic mass is 32.2. The number of hydrogen-bond donors (Lipinski definition) is 1. The van der Waals surface area contributed by atoms with Gasteiger partial charge in [0.1, 0.15) is 23.4 Å². The summed E-state index contributed by atoms with van der Waals surface area (Å²) in [6, 6.07) is 8.30. The summed E-state index contributed by atoms with van der Waals surface area (Å²) in [5.74, 6) is 1.56. The molecule has 9 heteroatoms. The second-order valence-electron chi connectivity index (χ2n) is 8.52. The first-order valence-corrected chi connectivity index (χ1v) is 13.3. The van der Waals surface area contributed by atoms with Crippen LogP contribution in [0.4, 0.5) is 5.00 Å². The Morgan fingerprint density at radius 3 is 2.82 bits per heavy atom. The zero-order valence-corrected chi connectivity index (χ0v) is 21.4. The molecule has 7 nitrogen and oxygen atoms in total. The van der Waals surface area contributed by atoms with E-state index in [1.54, 1.807) is 11.3 Å². The van der Waals surface area contributed by atoms with Crippen molar-refractivity contribution in [3.63, 3.8) is 0 Å². The molecule has 0 saturated heterocycles. The van der Waals surface area contributed by atoms with Crippen LogP contribution in [0, 0.1) is 25.2 Å². The highest BCUT2D eigenvalue weighted by Gasteiger charge is 2.21. The molecule has 4 rings (SSSR count). The highest BCUT2D eigenvalue weighted by Crippen LogP contribution is 2.36. The zero-order chi connectivity index (χ0) is 24.1. The lowest BCUT2D eigenvalue weighted by Gasteiger charge is -2.10. The molecule has 3 aromatic rings. The van der Waals surface area contributed by atoms with Gasteiger partial charge in [-0.25, -0.2) is 0 Å². The number of rotatable bonds is 7. The van der Waals surface area contributed by atoms with Crippen molar-refractivity contribution in [3.05, 3.63) is 51.2 Å². The molecule has 0 fully saturated rings. The molecule has 0 atom stereocenters. The zero-order valence-electron chi connectivity index (χ0n) is 19.8. The minimum atomic E-state index is -0.146. The largest absolute Gasteiger partial charge is 0.485 e. The van der Waals surface area contributed by atoms with Gasteiger partial charge in [-0.2, -0.15) is 5.26 Å². The van der Waals surface area contributed by atoms with E-state index >= 15 is 0 Å². The number of amides is 1. The molecule has 0 saturated carbocycles. The smallest absolute Gasteiger partial charge is 0.235 e. The number of aryl methyl sites for hydroxylation is 2. The van der Waals surface area contributed by atoms with Crippen molar-refractivity contribution in [2.75, 3.05) is 11.1 Å². The molecule has 0 bridgehead atoms. The maximum atomic E-state index is 12.7. The maximum Gasteiger partial charge on any atom is 0.235 e. The van der Waals surface area contributed by atoms with E-state index in [1.165, 1.54) is 35.0 Å². The predicted octanol–water partition coefficient (Wildman–Crippen LogP) is 5.33. The van der Waals surface area contributed by atoms with Gasteiger partial charge in [0.2, 0.25) is 5.91 Å². The van der Waals surface area contributed by atoms with Crippen LogP contribution in [0.25, 0.3) is 0 Å². The minimum Gasteiger partial charge on any atom is -0.485 e. The number of hydrogen-bond acceptors (Lipinski definition) is 7.